The molecule has 164 valence electrons. The number of thioether (sulfide) groups is 2. The Balaban J connectivity index is 1.86. The van der Waals surface area contributed by atoms with E-state index in [2.05, 4.69) is 10.3 Å². The van der Waals surface area contributed by atoms with Crippen LogP contribution in [-0.4, -0.2) is 67.8 Å². The van der Waals surface area contributed by atoms with Gasteiger partial charge in [0.15, 0.2) is 6.17 Å². The van der Waals surface area contributed by atoms with Gasteiger partial charge in [-0.2, -0.15) is 4.98 Å². The number of nitrogens with two attached hydrogens (primary N) is 1. The number of nitrogen functional groups attached to an aromatic ring is 1. The highest BCUT2D eigenvalue weighted by atomic mass is 32.2. The molecule has 1 fully saturated rings. The van der Waals surface area contributed by atoms with Crippen molar-refractivity contribution in [3.63, 3.8) is 0 Å². The zero-order chi connectivity index (χ0) is 21.6. The van der Waals surface area contributed by atoms with E-state index in [-0.39, 0.29) is 23.4 Å². The standard InChI is InChI=1S/C14H22FN4O7PS2/c1-2-17-14(22)28-6-5-25-27(23,24)26-7-8-11(20)10(15)12(29-8)19-4-3-9(16)18-13(19)21/h3-4,8,10-12,20H,2,5-7H2,1H3,(H,17,22)(H,23,24)(H2,16,18,21)/t8?,10-,11+,12+/m0/s1. The molecule has 5 atom stereocenters. The number of hydrogen-bond acceptors (Lipinski definition) is 10. The van der Waals surface area contributed by atoms with E-state index in [1.807, 2.05) is 0 Å². The van der Waals surface area contributed by atoms with Crippen LogP contribution in [0.5, 0.6) is 0 Å². The summed E-state index contributed by atoms with van der Waals surface area (Å²) >= 11 is 1.75. The molecular weight excluding hydrogens is 450 g/mol. The van der Waals surface area contributed by atoms with Crippen molar-refractivity contribution in [2.45, 2.75) is 29.8 Å². The van der Waals surface area contributed by atoms with Gasteiger partial charge >= 0.3 is 13.5 Å². The first-order valence-corrected chi connectivity index (χ1v) is 11.9. The van der Waals surface area contributed by atoms with Gasteiger partial charge < -0.3 is 21.1 Å². The van der Waals surface area contributed by atoms with Crippen LogP contribution in [0.25, 0.3) is 0 Å². The molecule has 0 radical (unpaired) electrons. The van der Waals surface area contributed by atoms with Gasteiger partial charge in [-0.1, -0.05) is 11.8 Å². The fourth-order valence-electron chi connectivity index (χ4n) is 2.37. The van der Waals surface area contributed by atoms with Gasteiger partial charge in [0.05, 0.1) is 18.5 Å². The summed E-state index contributed by atoms with van der Waals surface area (Å²) in [6, 6.07) is 1.32. The van der Waals surface area contributed by atoms with Crippen molar-refractivity contribution in [3.8, 4) is 0 Å². The van der Waals surface area contributed by atoms with Crippen LogP contribution in [0.1, 0.15) is 12.3 Å². The maximum atomic E-state index is 14.5. The first-order chi connectivity index (χ1) is 13.6. The molecule has 11 nitrogen and oxygen atoms in total. The number of phosphoric ester groups is 1. The number of phosphoric acid groups is 1. The van der Waals surface area contributed by atoms with E-state index in [4.69, 9.17) is 14.8 Å². The van der Waals surface area contributed by atoms with Gasteiger partial charge in [-0.15, -0.1) is 11.8 Å². The Morgan fingerprint density at radius 1 is 1.55 bits per heavy atom. The lowest BCUT2D eigenvalue weighted by molar-refractivity contribution is 0.0595. The van der Waals surface area contributed by atoms with Crippen LogP contribution >= 0.6 is 31.3 Å². The highest BCUT2D eigenvalue weighted by molar-refractivity contribution is 8.13. The predicted octanol–water partition coefficient (Wildman–Crippen LogP) is 0.735. The number of alkyl halides is 1. The second kappa shape index (κ2) is 10.8. The average Bonchev–Trinajstić information content (AvgIpc) is 2.92. The molecule has 0 aliphatic carbocycles. The van der Waals surface area contributed by atoms with E-state index in [0.29, 0.717) is 6.54 Å². The van der Waals surface area contributed by atoms with Crippen molar-refractivity contribution >= 4 is 42.4 Å². The maximum Gasteiger partial charge on any atom is 0.472 e. The number of hydrogen-bond donors (Lipinski definition) is 4. The first-order valence-electron chi connectivity index (χ1n) is 8.49. The number of halogens is 1. The number of aromatic nitrogens is 2. The van der Waals surface area contributed by atoms with Crippen molar-refractivity contribution in [1.82, 2.24) is 14.9 Å². The van der Waals surface area contributed by atoms with Gasteiger partial charge in [0, 0.05) is 18.5 Å². The second-order valence-corrected chi connectivity index (χ2v) is 9.69. The summed E-state index contributed by atoms with van der Waals surface area (Å²) in [5.74, 6) is 0.108. The Morgan fingerprint density at radius 2 is 2.28 bits per heavy atom. The molecule has 5 N–H and O–H groups in total. The summed E-state index contributed by atoms with van der Waals surface area (Å²) in [7, 11) is -4.46. The van der Waals surface area contributed by atoms with Crippen LogP contribution in [0.4, 0.5) is 15.0 Å². The summed E-state index contributed by atoms with van der Waals surface area (Å²) in [4.78, 5) is 36.3. The highest BCUT2D eigenvalue weighted by Crippen LogP contribution is 2.48. The molecule has 15 heteroatoms. The number of amides is 1. The van der Waals surface area contributed by atoms with Crippen molar-refractivity contribution in [1.29, 1.82) is 0 Å². The fraction of sp³-hybridized carbons (Fsp3) is 0.643. The molecule has 29 heavy (non-hydrogen) atoms. The largest absolute Gasteiger partial charge is 0.472 e. The van der Waals surface area contributed by atoms with Gasteiger partial charge in [0.2, 0.25) is 0 Å². The summed E-state index contributed by atoms with van der Waals surface area (Å²) in [6.45, 7) is 1.51. The normalized spacial score (nSPS) is 26.2. The predicted molar refractivity (Wildman–Crippen MR) is 107 cm³/mol. The Hall–Kier alpha value is -1.15. The molecule has 0 spiro atoms. The number of aliphatic hydroxyl groups excluding tert-OH is 1. The maximum absolute atomic E-state index is 14.5. The molecule has 2 rings (SSSR count). The minimum Gasteiger partial charge on any atom is -0.389 e. The molecule has 0 aromatic carbocycles. The van der Waals surface area contributed by atoms with Crippen LogP contribution in [-0.2, 0) is 13.6 Å². The molecule has 1 aliphatic rings. The number of anilines is 1. The summed E-state index contributed by atoms with van der Waals surface area (Å²) in [5, 5.41) is 10.3. The summed E-state index contributed by atoms with van der Waals surface area (Å²) in [6.07, 6.45) is -2.11. The molecule has 1 aromatic heterocycles. The summed E-state index contributed by atoms with van der Waals surface area (Å²) < 4.78 is 36.9. The molecule has 1 saturated heterocycles. The second-order valence-electron chi connectivity index (χ2n) is 5.81. The van der Waals surface area contributed by atoms with Gasteiger partial charge in [0.25, 0.3) is 5.24 Å². The Labute approximate surface area is 174 Å². The van der Waals surface area contributed by atoms with Gasteiger partial charge in [-0.3, -0.25) is 18.4 Å². The SMILES string of the molecule is CCNC(=O)SCCOP(=O)(O)OCC1S[C@@H](n2ccc(N)nc2=O)[C@@H](F)[C@@H]1O. The zero-order valence-electron chi connectivity index (χ0n) is 15.3. The molecule has 1 amide bonds. The minimum absolute atomic E-state index is 0.0196. The molecule has 0 saturated carbocycles. The fourth-order valence-corrected chi connectivity index (χ4v) is 5.36. The van der Waals surface area contributed by atoms with Crippen molar-refractivity contribution in [2.24, 2.45) is 0 Å². The van der Waals surface area contributed by atoms with Crippen molar-refractivity contribution in [2.75, 3.05) is 31.2 Å². The number of carbonyl (C=O) groups is 1. The third-order valence-corrected chi connectivity index (χ3v) is 7.01. The van der Waals surface area contributed by atoms with Gasteiger partial charge in [-0.25, -0.2) is 13.8 Å². The average molecular weight is 472 g/mol. The van der Waals surface area contributed by atoms with Crippen LogP contribution in [0.2, 0.25) is 0 Å². The molecular formula is C14H22FN4O7PS2. The first kappa shape index (κ1) is 24.1. The van der Waals surface area contributed by atoms with Gasteiger partial charge in [-0.05, 0) is 13.0 Å². The van der Waals surface area contributed by atoms with Crippen LogP contribution in [0.3, 0.4) is 0 Å². The Bertz CT molecular complexity index is 816. The lowest BCUT2D eigenvalue weighted by atomic mass is 10.1. The lowest BCUT2D eigenvalue weighted by Crippen LogP contribution is -2.33. The Kier molecular flexibility index (Phi) is 8.94. The molecule has 1 aromatic rings. The van der Waals surface area contributed by atoms with E-state index in [0.717, 1.165) is 28.1 Å². The van der Waals surface area contributed by atoms with Crippen molar-refractivity contribution < 1.29 is 32.8 Å². The third-order valence-electron chi connectivity index (χ3n) is 3.71. The van der Waals surface area contributed by atoms with E-state index >= 15 is 0 Å². The zero-order valence-corrected chi connectivity index (χ0v) is 17.9. The van der Waals surface area contributed by atoms with E-state index < -0.39 is 43.0 Å². The molecule has 1 aliphatic heterocycles. The lowest BCUT2D eigenvalue weighted by Gasteiger charge is -2.17. The van der Waals surface area contributed by atoms with Gasteiger partial charge in [0.1, 0.15) is 17.3 Å². The third kappa shape index (κ3) is 6.95. The topological polar surface area (TPSA) is 166 Å². The van der Waals surface area contributed by atoms with Crippen LogP contribution in [0.15, 0.2) is 17.1 Å². The number of carbonyl (C=O) groups excluding carboxylic acids is 1. The molecule has 2 heterocycles. The number of rotatable bonds is 9. The quantitative estimate of drug-likeness (QED) is 0.296. The van der Waals surface area contributed by atoms with E-state index in [1.54, 1.807) is 6.92 Å². The number of nitrogens with one attached hydrogen (secondary N) is 1. The number of nitrogens with zero attached hydrogens (tertiary/aromatic N) is 2. The van der Waals surface area contributed by atoms with Crippen LogP contribution in [0, 0.1) is 0 Å². The molecule has 2 unspecified atom stereocenters. The molecule has 0 bridgehead atoms. The number of aliphatic hydroxyl groups is 1. The highest BCUT2D eigenvalue weighted by Gasteiger charge is 2.46. The van der Waals surface area contributed by atoms with Crippen LogP contribution < -0.4 is 16.7 Å². The smallest absolute Gasteiger partial charge is 0.389 e. The van der Waals surface area contributed by atoms with Crippen molar-refractivity contribution in [3.05, 3.63) is 22.7 Å². The monoisotopic (exact) mass is 472 g/mol. The van der Waals surface area contributed by atoms with E-state index in [1.165, 1.54) is 12.3 Å². The Morgan fingerprint density at radius 3 is 2.93 bits per heavy atom. The van der Waals surface area contributed by atoms with E-state index in [9.17, 15) is 28.5 Å². The minimum atomic E-state index is -4.46. The summed E-state index contributed by atoms with van der Waals surface area (Å²) in [5.41, 5.74) is 4.62.